The van der Waals surface area contributed by atoms with Crippen LogP contribution in [0.2, 0.25) is 0 Å². The Balaban J connectivity index is 1.60. The third-order valence-corrected chi connectivity index (χ3v) is 6.02. The molecule has 160 valence electrons. The molecule has 1 fully saturated rings. The van der Waals surface area contributed by atoms with Crippen molar-refractivity contribution in [2.45, 2.75) is 18.6 Å². The molecule has 2 atom stereocenters. The van der Waals surface area contributed by atoms with Crippen molar-refractivity contribution in [2.75, 3.05) is 7.11 Å². The minimum atomic E-state index is -0.0910. The molecule has 0 amide bonds. The molecule has 6 nitrogen and oxygen atoms in total. The molecule has 4 heterocycles. The largest absolute Gasteiger partial charge is 0.497 e. The van der Waals surface area contributed by atoms with E-state index in [1.54, 1.807) is 7.11 Å². The summed E-state index contributed by atoms with van der Waals surface area (Å²) in [7, 11) is 1.68. The minimum Gasteiger partial charge on any atom is -0.497 e. The summed E-state index contributed by atoms with van der Waals surface area (Å²) in [6, 6.07) is 24.0. The van der Waals surface area contributed by atoms with Crippen LogP contribution in [0.5, 0.6) is 5.75 Å². The van der Waals surface area contributed by atoms with Crippen LogP contribution in [0.25, 0.3) is 5.69 Å². The first-order valence-electron chi connectivity index (χ1n) is 10.4. The van der Waals surface area contributed by atoms with E-state index >= 15 is 0 Å². The van der Waals surface area contributed by atoms with Gasteiger partial charge in [-0.2, -0.15) is 0 Å². The second kappa shape index (κ2) is 8.80. The Kier molecular flexibility index (Phi) is 5.56. The highest BCUT2D eigenvalue weighted by atomic mass is 32.1. The molecule has 0 bridgehead atoms. The first-order chi connectivity index (χ1) is 15.7. The van der Waals surface area contributed by atoms with Gasteiger partial charge in [0, 0.05) is 36.0 Å². The van der Waals surface area contributed by atoms with Crippen molar-refractivity contribution in [3.05, 3.63) is 108 Å². The zero-order chi connectivity index (χ0) is 21.9. The van der Waals surface area contributed by atoms with Crippen LogP contribution in [-0.2, 0) is 6.54 Å². The molecule has 3 aromatic heterocycles. The molecule has 0 unspecified atom stereocenters. The lowest BCUT2D eigenvalue weighted by atomic mass is 10.0. The third-order valence-electron chi connectivity index (χ3n) is 5.67. The smallest absolute Gasteiger partial charge is 0.170 e. The van der Waals surface area contributed by atoms with Crippen molar-refractivity contribution in [1.82, 2.24) is 24.8 Å². The van der Waals surface area contributed by atoms with Gasteiger partial charge in [0.15, 0.2) is 5.11 Å². The maximum absolute atomic E-state index is 5.80. The summed E-state index contributed by atoms with van der Waals surface area (Å²) in [6.45, 7) is 0.601. The van der Waals surface area contributed by atoms with Crippen LogP contribution in [0.1, 0.15) is 29.2 Å². The van der Waals surface area contributed by atoms with Crippen molar-refractivity contribution in [1.29, 1.82) is 0 Å². The van der Waals surface area contributed by atoms with Gasteiger partial charge in [-0.15, -0.1) is 0 Å². The Hall–Kier alpha value is -3.71. The van der Waals surface area contributed by atoms with Crippen molar-refractivity contribution in [3.63, 3.8) is 0 Å². The van der Waals surface area contributed by atoms with Crippen LogP contribution < -0.4 is 10.1 Å². The van der Waals surface area contributed by atoms with Crippen LogP contribution in [-0.4, -0.2) is 31.7 Å². The number of thiocarbonyl (C=S) groups is 1. The molecule has 0 aliphatic carbocycles. The predicted octanol–water partition coefficient (Wildman–Crippen LogP) is 4.45. The zero-order valence-electron chi connectivity index (χ0n) is 17.6. The molecular weight excluding hydrogens is 418 g/mol. The lowest BCUT2D eigenvalue weighted by Gasteiger charge is -2.28. The summed E-state index contributed by atoms with van der Waals surface area (Å²) in [5.41, 5.74) is 4.04. The lowest BCUT2D eigenvalue weighted by molar-refractivity contribution is 0.299. The van der Waals surface area contributed by atoms with E-state index in [4.69, 9.17) is 17.0 Å². The monoisotopic (exact) mass is 441 g/mol. The van der Waals surface area contributed by atoms with Crippen molar-refractivity contribution >= 4 is 17.3 Å². The molecule has 0 spiro atoms. The van der Waals surface area contributed by atoms with Crippen LogP contribution in [0.3, 0.4) is 0 Å². The fourth-order valence-corrected chi connectivity index (χ4v) is 4.50. The molecule has 1 aliphatic rings. The standard InChI is InChI=1S/C25H23N5OS/c1-31-20-10-6-9-19(16-20)29-15-7-12-22(29)24-23(21-11-3-5-14-27-21)28-25(32)30(24)17-18-8-2-4-13-26-18/h2-16,23-24H,17H2,1H3,(H,28,32)/t23-,24+/m0/s1. The SMILES string of the molecule is COc1cccc(-n2cccc2[C@@H]2[C@H](c3ccccn3)NC(=S)N2Cc2ccccn2)c1. The summed E-state index contributed by atoms with van der Waals surface area (Å²) in [5.74, 6) is 0.814. The molecule has 4 aromatic rings. The van der Waals surface area contributed by atoms with E-state index in [9.17, 15) is 0 Å². The van der Waals surface area contributed by atoms with Gasteiger partial charge in [0.1, 0.15) is 5.75 Å². The number of hydrogen-bond acceptors (Lipinski definition) is 4. The molecule has 5 rings (SSSR count). The maximum atomic E-state index is 5.80. The minimum absolute atomic E-state index is 0.0689. The molecular formula is C25H23N5OS. The van der Waals surface area contributed by atoms with Crippen molar-refractivity contribution in [3.8, 4) is 11.4 Å². The second-order valence-electron chi connectivity index (χ2n) is 7.58. The fourth-order valence-electron chi connectivity index (χ4n) is 4.19. The third kappa shape index (κ3) is 3.83. The fraction of sp³-hybridized carbons (Fsp3) is 0.160. The molecule has 0 saturated carbocycles. The van der Waals surface area contributed by atoms with Gasteiger partial charge in [0.05, 0.1) is 37.1 Å². The highest BCUT2D eigenvalue weighted by molar-refractivity contribution is 7.80. The van der Waals surface area contributed by atoms with Crippen LogP contribution in [0.4, 0.5) is 0 Å². The molecule has 1 aromatic carbocycles. The van der Waals surface area contributed by atoms with Gasteiger partial charge < -0.3 is 19.5 Å². The quantitative estimate of drug-likeness (QED) is 0.446. The average Bonchev–Trinajstić information content (AvgIpc) is 3.45. The van der Waals surface area contributed by atoms with E-state index in [2.05, 4.69) is 49.1 Å². The van der Waals surface area contributed by atoms with Crippen LogP contribution >= 0.6 is 12.2 Å². The summed E-state index contributed by atoms with van der Waals surface area (Å²) in [6.07, 6.45) is 5.70. The number of rotatable bonds is 6. The first-order valence-corrected chi connectivity index (χ1v) is 10.8. The van der Waals surface area contributed by atoms with Crippen LogP contribution in [0, 0.1) is 0 Å². The highest BCUT2D eigenvalue weighted by Gasteiger charge is 2.41. The van der Waals surface area contributed by atoms with E-state index in [0.717, 1.165) is 28.5 Å². The molecule has 1 saturated heterocycles. The summed E-state index contributed by atoms with van der Waals surface area (Å²) >= 11 is 5.80. The van der Waals surface area contributed by atoms with Gasteiger partial charge >= 0.3 is 0 Å². The number of nitrogens with zero attached hydrogens (tertiary/aromatic N) is 4. The number of hydrogen-bond donors (Lipinski definition) is 1. The molecule has 32 heavy (non-hydrogen) atoms. The average molecular weight is 442 g/mol. The first kappa shape index (κ1) is 20.2. The van der Waals surface area contributed by atoms with E-state index in [1.807, 2.05) is 67.0 Å². The summed E-state index contributed by atoms with van der Waals surface area (Å²) in [4.78, 5) is 11.4. The van der Waals surface area contributed by atoms with Crippen molar-refractivity contribution < 1.29 is 4.74 Å². The zero-order valence-corrected chi connectivity index (χ0v) is 18.4. The van der Waals surface area contributed by atoms with E-state index in [1.165, 1.54) is 0 Å². The summed E-state index contributed by atoms with van der Waals surface area (Å²) in [5, 5.41) is 4.20. The number of methoxy groups -OCH3 is 1. The molecule has 1 N–H and O–H groups in total. The predicted molar refractivity (Wildman–Crippen MR) is 128 cm³/mol. The lowest BCUT2D eigenvalue weighted by Crippen LogP contribution is -2.30. The van der Waals surface area contributed by atoms with Gasteiger partial charge in [-0.05, 0) is 60.7 Å². The van der Waals surface area contributed by atoms with E-state index in [-0.39, 0.29) is 12.1 Å². The van der Waals surface area contributed by atoms with Crippen LogP contribution in [0.15, 0.2) is 91.4 Å². The second-order valence-corrected chi connectivity index (χ2v) is 7.97. The number of nitrogens with one attached hydrogen (secondary N) is 1. The number of benzene rings is 1. The van der Waals surface area contributed by atoms with Crippen molar-refractivity contribution in [2.24, 2.45) is 0 Å². The van der Waals surface area contributed by atoms with Gasteiger partial charge in [0.2, 0.25) is 0 Å². The van der Waals surface area contributed by atoms with Gasteiger partial charge in [-0.3, -0.25) is 9.97 Å². The molecule has 0 radical (unpaired) electrons. The van der Waals surface area contributed by atoms with Gasteiger partial charge in [-0.1, -0.05) is 18.2 Å². The van der Waals surface area contributed by atoms with Gasteiger partial charge in [-0.25, -0.2) is 0 Å². The number of aromatic nitrogens is 3. The Bertz CT molecular complexity index is 1210. The molecule has 7 heteroatoms. The molecule has 1 aliphatic heterocycles. The summed E-state index contributed by atoms with van der Waals surface area (Å²) < 4.78 is 7.64. The van der Waals surface area contributed by atoms with E-state index < -0.39 is 0 Å². The number of pyridine rings is 2. The number of ether oxygens (including phenoxy) is 1. The maximum Gasteiger partial charge on any atom is 0.170 e. The normalized spacial score (nSPS) is 17.9. The topological polar surface area (TPSA) is 55.2 Å². The highest BCUT2D eigenvalue weighted by Crippen LogP contribution is 2.40. The Morgan fingerprint density at radius 1 is 0.969 bits per heavy atom. The van der Waals surface area contributed by atoms with E-state index in [0.29, 0.717) is 11.7 Å². The Morgan fingerprint density at radius 2 is 1.81 bits per heavy atom. The van der Waals surface area contributed by atoms with Gasteiger partial charge in [0.25, 0.3) is 0 Å². The Morgan fingerprint density at radius 3 is 2.56 bits per heavy atom. The Labute approximate surface area is 192 Å².